The smallest absolute Gasteiger partial charge is 0.240 e. The predicted molar refractivity (Wildman–Crippen MR) is 86.2 cm³/mol. The standard InChI is InChI=1S/C14H21N5OS/c1-3-8-9(4-2)17-18-14(11(8)13(16)21)19-7-5-6-10(19)12(15)20/h10H,3-7H2,1-2H3,(H2,15,20)(H2,16,21). The molecule has 2 heterocycles. The molecule has 0 aliphatic carbocycles. The average Bonchev–Trinajstić information content (AvgIpc) is 2.94. The van der Waals surface area contributed by atoms with E-state index in [-0.39, 0.29) is 11.9 Å². The van der Waals surface area contributed by atoms with Gasteiger partial charge in [-0.1, -0.05) is 26.1 Å². The van der Waals surface area contributed by atoms with Gasteiger partial charge in [-0.2, -0.15) is 5.10 Å². The van der Waals surface area contributed by atoms with Crippen LogP contribution in [0.2, 0.25) is 0 Å². The minimum absolute atomic E-state index is 0.293. The van der Waals surface area contributed by atoms with Crippen LogP contribution >= 0.6 is 12.2 Å². The predicted octanol–water partition coefficient (Wildman–Crippen LogP) is 0.690. The van der Waals surface area contributed by atoms with Crippen molar-refractivity contribution in [2.75, 3.05) is 11.4 Å². The van der Waals surface area contributed by atoms with E-state index in [0.29, 0.717) is 17.4 Å². The summed E-state index contributed by atoms with van der Waals surface area (Å²) >= 11 is 5.22. The molecule has 4 N–H and O–H groups in total. The van der Waals surface area contributed by atoms with Gasteiger partial charge >= 0.3 is 0 Å². The number of carbonyl (C=O) groups excluding carboxylic acids is 1. The number of nitrogens with zero attached hydrogens (tertiary/aromatic N) is 3. The summed E-state index contributed by atoms with van der Waals surface area (Å²) in [6.45, 7) is 4.78. The monoisotopic (exact) mass is 307 g/mol. The number of nitrogens with two attached hydrogens (primary N) is 2. The second-order valence-electron chi connectivity index (χ2n) is 5.15. The lowest BCUT2D eigenvalue weighted by molar-refractivity contribution is -0.119. The van der Waals surface area contributed by atoms with Gasteiger partial charge in [0.25, 0.3) is 0 Å². The maximum absolute atomic E-state index is 11.6. The molecule has 1 aromatic heterocycles. The van der Waals surface area contributed by atoms with Crippen LogP contribution in [-0.4, -0.2) is 33.7 Å². The molecule has 114 valence electrons. The maximum Gasteiger partial charge on any atom is 0.240 e. The Morgan fingerprint density at radius 2 is 2.05 bits per heavy atom. The van der Waals surface area contributed by atoms with Crippen molar-refractivity contribution in [2.24, 2.45) is 11.5 Å². The van der Waals surface area contributed by atoms with E-state index in [0.717, 1.165) is 42.5 Å². The van der Waals surface area contributed by atoms with Crippen LogP contribution in [0.15, 0.2) is 0 Å². The zero-order valence-corrected chi connectivity index (χ0v) is 13.2. The Morgan fingerprint density at radius 1 is 1.33 bits per heavy atom. The molecule has 6 nitrogen and oxygen atoms in total. The molecule has 1 aliphatic rings. The second kappa shape index (κ2) is 6.34. The van der Waals surface area contributed by atoms with Gasteiger partial charge in [0, 0.05) is 6.54 Å². The summed E-state index contributed by atoms with van der Waals surface area (Å²) in [6.07, 6.45) is 3.16. The molecule has 1 saturated heterocycles. The van der Waals surface area contributed by atoms with Crippen LogP contribution in [0.4, 0.5) is 5.82 Å². The molecule has 7 heteroatoms. The summed E-state index contributed by atoms with van der Waals surface area (Å²) in [5, 5.41) is 8.59. The van der Waals surface area contributed by atoms with Crippen LogP contribution in [0.1, 0.15) is 43.5 Å². The van der Waals surface area contributed by atoms with Crippen molar-refractivity contribution in [3.63, 3.8) is 0 Å². The fourth-order valence-electron chi connectivity index (χ4n) is 2.94. The van der Waals surface area contributed by atoms with Gasteiger partial charge in [-0.05, 0) is 31.2 Å². The van der Waals surface area contributed by atoms with Crippen LogP contribution in [0, 0.1) is 0 Å². The highest BCUT2D eigenvalue weighted by Crippen LogP contribution is 2.29. The fourth-order valence-corrected chi connectivity index (χ4v) is 3.15. The maximum atomic E-state index is 11.6. The van der Waals surface area contributed by atoms with Gasteiger partial charge < -0.3 is 16.4 Å². The number of rotatable bonds is 5. The summed E-state index contributed by atoms with van der Waals surface area (Å²) in [5.41, 5.74) is 14.1. The van der Waals surface area contributed by atoms with Crippen molar-refractivity contribution in [3.05, 3.63) is 16.8 Å². The number of aromatic nitrogens is 2. The third-order valence-corrected chi connectivity index (χ3v) is 4.13. The van der Waals surface area contributed by atoms with Crippen LogP contribution in [0.3, 0.4) is 0 Å². The van der Waals surface area contributed by atoms with Crippen LogP contribution in [-0.2, 0) is 17.6 Å². The quantitative estimate of drug-likeness (QED) is 0.777. The highest BCUT2D eigenvalue weighted by molar-refractivity contribution is 7.80. The van der Waals surface area contributed by atoms with E-state index in [1.807, 2.05) is 18.7 Å². The summed E-state index contributed by atoms with van der Waals surface area (Å²) in [7, 11) is 0. The Balaban J connectivity index is 2.58. The van der Waals surface area contributed by atoms with E-state index in [1.165, 1.54) is 0 Å². The molecule has 2 rings (SSSR count). The first-order valence-electron chi connectivity index (χ1n) is 7.25. The summed E-state index contributed by atoms with van der Waals surface area (Å²) in [4.78, 5) is 13.8. The molecule has 1 amide bonds. The van der Waals surface area contributed by atoms with Gasteiger partial charge in [0.15, 0.2) is 5.82 Å². The van der Waals surface area contributed by atoms with Crippen LogP contribution < -0.4 is 16.4 Å². The van der Waals surface area contributed by atoms with Gasteiger partial charge in [-0.3, -0.25) is 4.79 Å². The van der Waals surface area contributed by atoms with Crippen molar-refractivity contribution in [1.82, 2.24) is 10.2 Å². The van der Waals surface area contributed by atoms with Crippen LogP contribution in [0.25, 0.3) is 0 Å². The van der Waals surface area contributed by atoms with Crippen molar-refractivity contribution in [2.45, 2.75) is 45.6 Å². The molecule has 1 unspecified atom stereocenters. The molecule has 0 saturated carbocycles. The van der Waals surface area contributed by atoms with E-state index < -0.39 is 0 Å². The van der Waals surface area contributed by atoms with Crippen LogP contribution in [0.5, 0.6) is 0 Å². The lowest BCUT2D eigenvalue weighted by atomic mass is 10.0. The molecule has 0 radical (unpaired) electrons. The number of aryl methyl sites for hydroxylation is 1. The minimum Gasteiger partial charge on any atom is -0.389 e. The number of hydrogen-bond acceptors (Lipinski definition) is 5. The van der Waals surface area contributed by atoms with Gasteiger partial charge in [-0.15, -0.1) is 5.10 Å². The first-order valence-corrected chi connectivity index (χ1v) is 7.66. The topological polar surface area (TPSA) is 98.1 Å². The molecular formula is C14H21N5OS. The normalized spacial score (nSPS) is 18.0. The third-order valence-electron chi connectivity index (χ3n) is 3.93. The summed E-state index contributed by atoms with van der Waals surface area (Å²) in [6, 6.07) is -0.357. The Hall–Kier alpha value is -1.76. The molecule has 1 aromatic rings. The Labute approximate surface area is 129 Å². The third kappa shape index (κ3) is 2.83. The number of amides is 1. The number of carbonyl (C=O) groups is 1. The van der Waals surface area contributed by atoms with Gasteiger partial charge in [-0.25, -0.2) is 0 Å². The number of primary amides is 1. The molecule has 21 heavy (non-hydrogen) atoms. The molecule has 0 spiro atoms. The van der Waals surface area contributed by atoms with Gasteiger partial charge in [0.2, 0.25) is 5.91 Å². The number of thiocarbonyl (C=S) groups is 1. The van der Waals surface area contributed by atoms with E-state index in [4.69, 9.17) is 23.7 Å². The lowest BCUT2D eigenvalue weighted by Crippen LogP contribution is -2.42. The largest absolute Gasteiger partial charge is 0.389 e. The highest BCUT2D eigenvalue weighted by Gasteiger charge is 2.33. The van der Waals surface area contributed by atoms with Crippen molar-refractivity contribution in [3.8, 4) is 0 Å². The van der Waals surface area contributed by atoms with E-state index >= 15 is 0 Å². The second-order valence-corrected chi connectivity index (χ2v) is 5.59. The fraction of sp³-hybridized carbons (Fsp3) is 0.571. The Bertz CT molecular complexity index is 575. The van der Waals surface area contributed by atoms with Crippen molar-refractivity contribution in [1.29, 1.82) is 0 Å². The SMILES string of the molecule is CCc1nnc(N2CCCC2C(N)=O)c(C(N)=S)c1CC. The highest BCUT2D eigenvalue weighted by atomic mass is 32.1. The molecule has 0 aromatic carbocycles. The number of anilines is 1. The van der Waals surface area contributed by atoms with E-state index in [9.17, 15) is 4.79 Å². The molecular weight excluding hydrogens is 286 g/mol. The molecule has 1 atom stereocenters. The minimum atomic E-state index is -0.357. The molecule has 1 fully saturated rings. The first kappa shape index (κ1) is 15.6. The molecule has 1 aliphatic heterocycles. The average molecular weight is 307 g/mol. The summed E-state index contributed by atoms with van der Waals surface area (Å²) < 4.78 is 0. The first-order chi connectivity index (χ1) is 10.0. The van der Waals surface area contributed by atoms with E-state index in [2.05, 4.69) is 10.2 Å². The number of hydrogen-bond donors (Lipinski definition) is 2. The lowest BCUT2D eigenvalue weighted by Gasteiger charge is -2.26. The van der Waals surface area contributed by atoms with E-state index in [1.54, 1.807) is 0 Å². The van der Waals surface area contributed by atoms with Gasteiger partial charge in [0.05, 0.1) is 11.3 Å². The van der Waals surface area contributed by atoms with Crippen molar-refractivity contribution < 1.29 is 4.79 Å². The Kier molecular flexibility index (Phi) is 4.72. The molecule has 0 bridgehead atoms. The zero-order valence-electron chi connectivity index (χ0n) is 12.4. The van der Waals surface area contributed by atoms with Gasteiger partial charge in [0.1, 0.15) is 11.0 Å². The summed E-state index contributed by atoms with van der Waals surface area (Å²) in [5.74, 6) is 0.249. The Morgan fingerprint density at radius 3 is 2.57 bits per heavy atom. The van der Waals surface area contributed by atoms with Crippen molar-refractivity contribution >= 4 is 28.9 Å². The zero-order chi connectivity index (χ0) is 15.6.